The predicted octanol–water partition coefficient (Wildman–Crippen LogP) is 3.96. The first kappa shape index (κ1) is 11.8. The van der Waals surface area contributed by atoms with Crippen LogP contribution in [0.2, 0.25) is 0 Å². The van der Waals surface area contributed by atoms with Gasteiger partial charge in [0.15, 0.2) is 0 Å². The highest BCUT2D eigenvalue weighted by atomic mass is 16.5. The average Bonchev–Trinajstić information content (AvgIpc) is 2.88. The summed E-state index contributed by atoms with van der Waals surface area (Å²) < 4.78 is 5.38. The molecular weight excluding hydrogens is 234 g/mol. The van der Waals surface area contributed by atoms with E-state index >= 15 is 0 Å². The Bertz CT molecular complexity index is 651. The number of H-pyrrole nitrogens is 1. The lowest BCUT2D eigenvalue weighted by atomic mass is 10.1. The van der Waals surface area contributed by atoms with E-state index in [0.717, 1.165) is 18.6 Å². The van der Waals surface area contributed by atoms with E-state index in [-0.39, 0.29) is 0 Å². The fourth-order valence-electron chi connectivity index (χ4n) is 2.45. The Morgan fingerprint density at radius 2 is 1.74 bits per heavy atom. The average molecular weight is 251 g/mol. The van der Waals surface area contributed by atoms with Gasteiger partial charge in [-0.1, -0.05) is 36.4 Å². The van der Waals surface area contributed by atoms with Gasteiger partial charge in [0.05, 0.1) is 7.11 Å². The highest BCUT2D eigenvalue weighted by Gasteiger charge is 2.04. The SMILES string of the molecule is COc1ccccc1CCc1cc2ccccc2[nH]1. The molecule has 0 atom stereocenters. The molecule has 2 heteroatoms. The summed E-state index contributed by atoms with van der Waals surface area (Å²) in [7, 11) is 1.72. The Kier molecular flexibility index (Phi) is 3.23. The number of aryl methyl sites for hydroxylation is 2. The standard InChI is InChI=1S/C17H17NO/c1-19-17-9-5-3-6-13(17)10-11-15-12-14-7-2-4-8-16(14)18-15/h2-9,12,18H,10-11H2,1H3. The third-order valence-corrected chi connectivity index (χ3v) is 3.44. The number of methoxy groups -OCH3 is 1. The van der Waals surface area contributed by atoms with Gasteiger partial charge in [-0.05, 0) is 42.0 Å². The molecule has 0 spiro atoms. The van der Waals surface area contributed by atoms with Gasteiger partial charge in [0.25, 0.3) is 0 Å². The first-order valence-corrected chi connectivity index (χ1v) is 6.55. The van der Waals surface area contributed by atoms with Crippen molar-refractivity contribution in [1.29, 1.82) is 0 Å². The lowest BCUT2D eigenvalue weighted by Crippen LogP contribution is -1.95. The number of fused-ring (bicyclic) bond motifs is 1. The molecule has 0 saturated carbocycles. The summed E-state index contributed by atoms with van der Waals surface area (Å²) in [6.45, 7) is 0. The van der Waals surface area contributed by atoms with E-state index in [4.69, 9.17) is 4.74 Å². The van der Waals surface area contributed by atoms with Gasteiger partial charge in [-0.3, -0.25) is 0 Å². The van der Waals surface area contributed by atoms with Crippen LogP contribution in [0.3, 0.4) is 0 Å². The van der Waals surface area contributed by atoms with Crippen molar-refractivity contribution in [3.05, 3.63) is 65.9 Å². The fraction of sp³-hybridized carbons (Fsp3) is 0.176. The van der Waals surface area contributed by atoms with Crippen molar-refractivity contribution < 1.29 is 4.74 Å². The molecule has 0 unspecified atom stereocenters. The molecule has 1 heterocycles. The van der Waals surface area contributed by atoms with Crippen molar-refractivity contribution >= 4 is 10.9 Å². The van der Waals surface area contributed by atoms with Crippen LogP contribution in [0.25, 0.3) is 10.9 Å². The number of rotatable bonds is 4. The summed E-state index contributed by atoms with van der Waals surface area (Å²) >= 11 is 0. The Morgan fingerprint density at radius 1 is 0.947 bits per heavy atom. The molecular formula is C17H17NO. The van der Waals surface area contributed by atoms with Crippen LogP contribution in [0.4, 0.5) is 0 Å². The topological polar surface area (TPSA) is 25.0 Å². The zero-order valence-electron chi connectivity index (χ0n) is 11.0. The van der Waals surface area contributed by atoms with Gasteiger partial charge in [0.2, 0.25) is 0 Å². The van der Waals surface area contributed by atoms with Gasteiger partial charge >= 0.3 is 0 Å². The molecule has 3 rings (SSSR count). The van der Waals surface area contributed by atoms with Gasteiger partial charge < -0.3 is 9.72 Å². The van der Waals surface area contributed by atoms with Crippen molar-refractivity contribution in [3.8, 4) is 5.75 Å². The lowest BCUT2D eigenvalue weighted by molar-refractivity contribution is 0.409. The summed E-state index contributed by atoms with van der Waals surface area (Å²) in [5, 5.41) is 1.28. The maximum atomic E-state index is 5.38. The van der Waals surface area contributed by atoms with Crippen LogP contribution in [0.1, 0.15) is 11.3 Å². The summed E-state index contributed by atoms with van der Waals surface area (Å²) in [4.78, 5) is 3.46. The molecule has 0 aliphatic carbocycles. The Balaban J connectivity index is 1.78. The molecule has 2 aromatic carbocycles. The number of para-hydroxylation sites is 2. The first-order valence-electron chi connectivity index (χ1n) is 6.55. The quantitative estimate of drug-likeness (QED) is 0.746. The minimum Gasteiger partial charge on any atom is -0.496 e. The Labute approximate surface area is 113 Å². The van der Waals surface area contributed by atoms with E-state index in [2.05, 4.69) is 47.4 Å². The van der Waals surface area contributed by atoms with Crippen LogP contribution < -0.4 is 4.74 Å². The highest BCUT2D eigenvalue weighted by Crippen LogP contribution is 2.21. The van der Waals surface area contributed by atoms with Gasteiger partial charge in [0, 0.05) is 11.2 Å². The number of hydrogen-bond acceptors (Lipinski definition) is 1. The zero-order valence-corrected chi connectivity index (χ0v) is 11.0. The minimum atomic E-state index is 0.971. The third-order valence-electron chi connectivity index (χ3n) is 3.44. The molecule has 0 saturated heterocycles. The summed E-state index contributed by atoms with van der Waals surface area (Å²) in [5.74, 6) is 0.971. The molecule has 2 nitrogen and oxygen atoms in total. The van der Waals surface area contributed by atoms with E-state index in [9.17, 15) is 0 Å². The molecule has 1 N–H and O–H groups in total. The molecule has 96 valence electrons. The molecule has 0 fully saturated rings. The van der Waals surface area contributed by atoms with Gasteiger partial charge in [-0.15, -0.1) is 0 Å². The summed E-state index contributed by atoms with van der Waals surface area (Å²) in [5.41, 5.74) is 3.73. The number of aromatic amines is 1. The maximum absolute atomic E-state index is 5.38. The van der Waals surface area contributed by atoms with Crippen molar-refractivity contribution in [2.45, 2.75) is 12.8 Å². The van der Waals surface area contributed by atoms with Crippen LogP contribution in [0.15, 0.2) is 54.6 Å². The van der Waals surface area contributed by atoms with Crippen LogP contribution >= 0.6 is 0 Å². The van der Waals surface area contributed by atoms with Crippen LogP contribution in [0, 0.1) is 0 Å². The smallest absolute Gasteiger partial charge is 0.122 e. The van der Waals surface area contributed by atoms with Crippen molar-refractivity contribution in [2.75, 3.05) is 7.11 Å². The minimum absolute atomic E-state index is 0.971. The monoisotopic (exact) mass is 251 g/mol. The molecule has 0 amide bonds. The first-order chi connectivity index (χ1) is 9.36. The number of hydrogen-bond donors (Lipinski definition) is 1. The van der Waals surface area contributed by atoms with Crippen LogP contribution in [-0.2, 0) is 12.8 Å². The number of aromatic nitrogens is 1. The van der Waals surface area contributed by atoms with Crippen molar-refractivity contribution in [2.24, 2.45) is 0 Å². The van der Waals surface area contributed by atoms with Crippen LogP contribution in [0.5, 0.6) is 5.75 Å². The van der Waals surface area contributed by atoms with Crippen LogP contribution in [-0.4, -0.2) is 12.1 Å². The fourth-order valence-corrected chi connectivity index (χ4v) is 2.45. The summed E-state index contributed by atoms with van der Waals surface area (Å²) in [6.07, 6.45) is 1.98. The number of nitrogens with one attached hydrogen (secondary N) is 1. The van der Waals surface area contributed by atoms with E-state index in [0.29, 0.717) is 0 Å². The molecule has 1 aromatic heterocycles. The van der Waals surface area contributed by atoms with Gasteiger partial charge in [-0.2, -0.15) is 0 Å². The zero-order chi connectivity index (χ0) is 13.1. The predicted molar refractivity (Wildman–Crippen MR) is 78.7 cm³/mol. The van der Waals surface area contributed by atoms with E-state index in [1.54, 1.807) is 7.11 Å². The molecule has 0 bridgehead atoms. The second-order valence-electron chi connectivity index (χ2n) is 4.69. The Morgan fingerprint density at radius 3 is 2.58 bits per heavy atom. The molecule has 19 heavy (non-hydrogen) atoms. The largest absolute Gasteiger partial charge is 0.496 e. The third kappa shape index (κ3) is 2.48. The Hall–Kier alpha value is -2.22. The van der Waals surface area contributed by atoms with E-state index in [1.165, 1.54) is 22.2 Å². The van der Waals surface area contributed by atoms with Gasteiger partial charge in [0.1, 0.15) is 5.75 Å². The second-order valence-corrected chi connectivity index (χ2v) is 4.69. The normalized spacial score (nSPS) is 10.8. The summed E-state index contributed by atoms with van der Waals surface area (Å²) in [6, 6.07) is 18.8. The molecule has 3 aromatic rings. The van der Waals surface area contributed by atoms with E-state index in [1.807, 2.05) is 12.1 Å². The highest BCUT2D eigenvalue weighted by molar-refractivity contribution is 5.80. The van der Waals surface area contributed by atoms with E-state index < -0.39 is 0 Å². The van der Waals surface area contributed by atoms with Crippen molar-refractivity contribution in [3.63, 3.8) is 0 Å². The number of ether oxygens (including phenoxy) is 1. The second kappa shape index (κ2) is 5.19. The van der Waals surface area contributed by atoms with Crippen molar-refractivity contribution in [1.82, 2.24) is 4.98 Å². The maximum Gasteiger partial charge on any atom is 0.122 e. The molecule has 0 aliphatic rings. The lowest BCUT2D eigenvalue weighted by Gasteiger charge is -2.07. The molecule has 0 radical (unpaired) electrons. The van der Waals surface area contributed by atoms with Gasteiger partial charge in [-0.25, -0.2) is 0 Å². The number of benzene rings is 2. The molecule has 0 aliphatic heterocycles.